The number of primary amides is 1. The van der Waals surface area contributed by atoms with Crippen LogP contribution in [-0.2, 0) is 0 Å². The minimum Gasteiger partial charge on any atom is -0.478 e. The maximum atomic E-state index is 10.8. The van der Waals surface area contributed by atoms with Gasteiger partial charge in [0, 0.05) is 6.07 Å². The van der Waals surface area contributed by atoms with Gasteiger partial charge in [-0.3, -0.25) is 4.79 Å². The zero-order valence-electron chi connectivity index (χ0n) is 9.91. The number of aromatic carboxylic acids is 1. The molecule has 1 heterocycles. The van der Waals surface area contributed by atoms with Gasteiger partial charge in [0.1, 0.15) is 5.75 Å². The smallest absolute Gasteiger partial charge is 0.335 e. The normalized spacial score (nSPS) is 10.1. The summed E-state index contributed by atoms with van der Waals surface area (Å²) in [6, 6.07) is 6.74. The molecule has 102 valence electrons. The van der Waals surface area contributed by atoms with Gasteiger partial charge in [-0.05, 0) is 24.3 Å². The van der Waals surface area contributed by atoms with Crippen LogP contribution in [0.25, 0.3) is 0 Å². The predicted molar refractivity (Wildman–Crippen MR) is 69.0 cm³/mol. The van der Waals surface area contributed by atoms with Crippen molar-refractivity contribution >= 4 is 23.5 Å². The lowest BCUT2D eigenvalue weighted by atomic mass is 10.2. The van der Waals surface area contributed by atoms with Gasteiger partial charge in [-0.1, -0.05) is 11.6 Å². The first-order valence-electron chi connectivity index (χ1n) is 5.31. The maximum absolute atomic E-state index is 10.8. The number of hydrogen-bond acceptors (Lipinski definition) is 5. The highest BCUT2D eigenvalue weighted by molar-refractivity contribution is 6.32. The Morgan fingerprint density at radius 1 is 1.20 bits per heavy atom. The Morgan fingerprint density at radius 3 is 2.45 bits per heavy atom. The third-order valence-electron chi connectivity index (χ3n) is 2.29. The topological polar surface area (TPSA) is 115 Å². The number of carboxylic acid groups (broad SMARTS) is 1. The first kappa shape index (κ1) is 13.8. The van der Waals surface area contributed by atoms with E-state index >= 15 is 0 Å². The number of carboxylic acids is 1. The van der Waals surface area contributed by atoms with E-state index in [1.807, 2.05) is 0 Å². The summed E-state index contributed by atoms with van der Waals surface area (Å²) in [4.78, 5) is 21.6. The van der Waals surface area contributed by atoms with E-state index in [0.717, 1.165) is 0 Å². The molecule has 2 rings (SSSR count). The Labute approximate surface area is 118 Å². The highest BCUT2D eigenvalue weighted by Gasteiger charge is 2.10. The Balaban J connectivity index is 2.21. The molecule has 7 nitrogen and oxygen atoms in total. The summed E-state index contributed by atoms with van der Waals surface area (Å²) >= 11 is 5.89. The zero-order chi connectivity index (χ0) is 14.7. The van der Waals surface area contributed by atoms with Gasteiger partial charge in [-0.25, -0.2) is 4.79 Å². The average Bonchev–Trinajstić information content (AvgIpc) is 2.41. The molecule has 0 saturated heterocycles. The largest absolute Gasteiger partial charge is 0.478 e. The summed E-state index contributed by atoms with van der Waals surface area (Å²) in [6.07, 6.45) is 0. The summed E-state index contributed by atoms with van der Waals surface area (Å²) in [7, 11) is 0. The molecule has 0 bridgehead atoms. The molecule has 0 fully saturated rings. The number of carbonyl (C=O) groups excluding carboxylic acids is 1. The number of benzene rings is 1. The van der Waals surface area contributed by atoms with Crippen LogP contribution < -0.4 is 10.5 Å². The maximum Gasteiger partial charge on any atom is 0.335 e. The van der Waals surface area contributed by atoms with Gasteiger partial charge < -0.3 is 15.6 Å². The second-order valence-electron chi connectivity index (χ2n) is 3.67. The fourth-order valence-electron chi connectivity index (χ4n) is 1.34. The van der Waals surface area contributed by atoms with E-state index in [-0.39, 0.29) is 27.9 Å². The van der Waals surface area contributed by atoms with Crippen molar-refractivity contribution in [3.05, 3.63) is 46.6 Å². The summed E-state index contributed by atoms with van der Waals surface area (Å²) < 4.78 is 5.33. The number of aromatic nitrogens is 2. The quantitative estimate of drug-likeness (QED) is 0.886. The Bertz CT molecular complexity index is 673. The number of amides is 1. The molecule has 0 saturated carbocycles. The monoisotopic (exact) mass is 293 g/mol. The Hall–Kier alpha value is -2.67. The number of nitrogens with two attached hydrogens (primary N) is 1. The first-order valence-corrected chi connectivity index (χ1v) is 5.69. The second kappa shape index (κ2) is 5.54. The molecule has 1 aromatic heterocycles. The van der Waals surface area contributed by atoms with Gasteiger partial charge in [-0.2, -0.15) is 0 Å². The number of ether oxygens (including phenoxy) is 1. The van der Waals surface area contributed by atoms with Crippen LogP contribution in [-0.4, -0.2) is 27.2 Å². The highest BCUT2D eigenvalue weighted by atomic mass is 35.5. The molecule has 20 heavy (non-hydrogen) atoms. The van der Waals surface area contributed by atoms with Crippen molar-refractivity contribution in [1.29, 1.82) is 0 Å². The van der Waals surface area contributed by atoms with Crippen LogP contribution >= 0.6 is 11.6 Å². The number of nitrogens with zero attached hydrogens (tertiary/aromatic N) is 2. The molecule has 0 aliphatic carbocycles. The van der Waals surface area contributed by atoms with Crippen LogP contribution in [0.15, 0.2) is 30.3 Å². The van der Waals surface area contributed by atoms with Crippen molar-refractivity contribution in [3.8, 4) is 11.6 Å². The predicted octanol–water partition coefficient (Wildman–Crippen LogP) is 1.72. The standard InChI is InChI=1S/C12H8ClN3O4/c13-7-5-6(12(18)19)1-3-9(7)20-10-4-2-8(11(14)17)15-16-10/h1-5H,(H2,14,17)(H,18,19). The number of carbonyl (C=O) groups is 2. The van der Waals surface area contributed by atoms with E-state index in [2.05, 4.69) is 10.2 Å². The lowest BCUT2D eigenvalue weighted by molar-refractivity contribution is 0.0696. The SMILES string of the molecule is NC(=O)c1ccc(Oc2ccc(C(=O)O)cc2Cl)nn1. The van der Waals surface area contributed by atoms with Crippen LogP contribution in [0.5, 0.6) is 11.6 Å². The summed E-state index contributed by atoms with van der Waals surface area (Å²) in [6.45, 7) is 0. The van der Waals surface area contributed by atoms with E-state index in [1.54, 1.807) is 0 Å². The fraction of sp³-hybridized carbons (Fsp3) is 0. The van der Waals surface area contributed by atoms with Gasteiger partial charge in [0.2, 0.25) is 5.88 Å². The van der Waals surface area contributed by atoms with Crippen molar-refractivity contribution < 1.29 is 19.4 Å². The molecule has 0 aliphatic rings. The van der Waals surface area contributed by atoms with Crippen molar-refractivity contribution in [1.82, 2.24) is 10.2 Å². The van der Waals surface area contributed by atoms with Crippen LogP contribution in [0.3, 0.4) is 0 Å². The lowest BCUT2D eigenvalue weighted by Crippen LogP contribution is -2.13. The van der Waals surface area contributed by atoms with Crippen molar-refractivity contribution in [3.63, 3.8) is 0 Å². The lowest BCUT2D eigenvalue weighted by Gasteiger charge is -2.06. The van der Waals surface area contributed by atoms with Gasteiger partial charge >= 0.3 is 5.97 Å². The zero-order valence-corrected chi connectivity index (χ0v) is 10.7. The van der Waals surface area contributed by atoms with Gasteiger partial charge in [0.25, 0.3) is 5.91 Å². The minimum atomic E-state index is -1.09. The van der Waals surface area contributed by atoms with Crippen LogP contribution in [0.4, 0.5) is 0 Å². The Kier molecular flexibility index (Phi) is 3.81. The first-order chi connectivity index (χ1) is 9.47. The molecule has 0 spiro atoms. The summed E-state index contributed by atoms with van der Waals surface area (Å²) in [5.74, 6) is -1.48. The molecule has 0 aliphatic heterocycles. The molecule has 0 atom stereocenters. The molecule has 0 unspecified atom stereocenters. The van der Waals surface area contributed by atoms with Crippen molar-refractivity contribution in [2.45, 2.75) is 0 Å². The highest BCUT2D eigenvalue weighted by Crippen LogP contribution is 2.29. The number of halogens is 1. The molecular weight excluding hydrogens is 286 g/mol. The fourth-order valence-corrected chi connectivity index (χ4v) is 1.55. The van der Waals surface area contributed by atoms with Crippen LogP contribution in [0.2, 0.25) is 5.02 Å². The van der Waals surface area contributed by atoms with E-state index in [9.17, 15) is 9.59 Å². The van der Waals surface area contributed by atoms with E-state index in [4.69, 9.17) is 27.2 Å². The van der Waals surface area contributed by atoms with Crippen molar-refractivity contribution in [2.24, 2.45) is 5.73 Å². The third kappa shape index (κ3) is 3.01. The molecule has 3 N–H and O–H groups in total. The minimum absolute atomic E-state index is 0.00433. The van der Waals surface area contributed by atoms with Gasteiger partial charge in [-0.15, -0.1) is 10.2 Å². The molecule has 0 radical (unpaired) electrons. The Morgan fingerprint density at radius 2 is 1.95 bits per heavy atom. The van der Waals surface area contributed by atoms with E-state index < -0.39 is 11.9 Å². The average molecular weight is 294 g/mol. The summed E-state index contributed by atoms with van der Waals surface area (Å²) in [5.41, 5.74) is 5.07. The van der Waals surface area contributed by atoms with Gasteiger partial charge in [0.15, 0.2) is 5.69 Å². The van der Waals surface area contributed by atoms with E-state index in [1.165, 1.54) is 30.3 Å². The molecule has 8 heteroatoms. The van der Waals surface area contributed by atoms with Crippen LogP contribution in [0.1, 0.15) is 20.8 Å². The molecular formula is C12H8ClN3O4. The number of rotatable bonds is 4. The second-order valence-corrected chi connectivity index (χ2v) is 4.08. The van der Waals surface area contributed by atoms with Crippen LogP contribution in [0, 0.1) is 0 Å². The van der Waals surface area contributed by atoms with E-state index in [0.29, 0.717) is 0 Å². The third-order valence-corrected chi connectivity index (χ3v) is 2.58. The molecule has 1 aromatic carbocycles. The number of hydrogen-bond donors (Lipinski definition) is 2. The molecule has 1 amide bonds. The molecule has 2 aromatic rings. The summed E-state index contributed by atoms with van der Waals surface area (Å²) in [5, 5.41) is 16.1. The van der Waals surface area contributed by atoms with Crippen molar-refractivity contribution in [2.75, 3.05) is 0 Å². The van der Waals surface area contributed by atoms with Gasteiger partial charge in [0.05, 0.1) is 10.6 Å².